The Labute approximate surface area is 154 Å². The topological polar surface area (TPSA) is 84.9 Å². The second-order valence-electron chi connectivity index (χ2n) is 5.74. The Balaban J connectivity index is 1.85. The number of carbonyl (C=O) groups excluding carboxylic acids is 1. The summed E-state index contributed by atoms with van der Waals surface area (Å²) in [6, 6.07) is 7.51. The molecule has 27 heavy (non-hydrogen) atoms. The van der Waals surface area contributed by atoms with Crippen molar-refractivity contribution in [2.45, 2.75) is 0 Å². The largest absolute Gasteiger partial charge is 0.486 e. The molecule has 0 fully saturated rings. The molecule has 3 rings (SSSR count). The Bertz CT molecular complexity index is 961. The SMILES string of the molecule is CS(=O)(=O)N(CC(=O)Nc1c(F)cccc1F)c1ccc2c(c1)OCCO2. The molecule has 2 aromatic carbocycles. The van der Waals surface area contributed by atoms with E-state index in [4.69, 9.17) is 9.47 Å². The summed E-state index contributed by atoms with van der Waals surface area (Å²) < 4.78 is 63.2. The third-order valence-corrected chi connectivity index (χ3v) is 4.87. The van der Waals surface area contributed by atoms with Gasteiger partial charge in [-0.3, -0.25) is 9.10 Å². The van der Waals surface area contributed by atoms with Crippen LogP contribution in [0.25, 0.3) is 0 Å². The molecule has 0 radical (unpaired) electrons. The van der Waals surface area contributed by atoms with Crippen molar-refractivity contribution in [1.29, 1.82) is 0 Å². The number of para-hydroxylation sites is 1. The predicted molar refractivity (Wildman–Crippen MR) is 94.6 cm³/mol. The molecule has 1 aliphatic heterocycles. The van der Waals surface area contributed by atoms with E-state index >= 15 is 0 Å². The van der Waals surface area contributed by atoms with Crippen molar-refractivity contribution < 1.29 is 31.5 Å². The third kappa shape index (κ3) is 4.27. The number of nitrogens with zero attached hydrogens (tertiary/aromatic N) is 1. The summed E-state index contributed by atoms with van der Waals surface area (Å²) in [6.45, 7) is 0.00732. The maximum Gasteiger partial charge on any atom is 0.245 e. The van der Waals surface area contributed by atoms with Crippen LogP contribution in [0.3, 0.4) is 0 Å². The van der Waals surface area contributed by atoms with E-state index in [0.29, 0.717) is 24.7 Å². The van der Waals surface area contributed by atoms with Crippen LogP contribution in [-0.2, 0) is 14.8 Å². The molecule has 1 amide bonds. The second kappa shape index (κ2) is 7.39. The highest BCUT2D eigenvalue weighted by Gasteiger charge is 2.24. The van der Waals surface area contributed by atoms with Crippen LogP contribution in [0.2, 0.25) is 0 Å². The average molecular weight is 398 g/mol. The number of hydrogen-bond acceptors (Lipinski definition) is 5. The van der Waals surface area contributed by atoms with E-state index < -0.39 is 39.8 Å². The van der Waals surface area contributed by atoms with E-state index in [9.17, 15) is 22.0 Å². The monoisotopic (exact) mass is 398 g/mol. The van der Waals surface area contributed by atoms with Crippen molar-refractivity contribution in [3.63, 3.8) is 0 Å². The molecule has 0 atom stereocenters. The molecule has 144 valence electrons. The number of benzene rings is 2. The number of fused-ring (bicyclic) bond motifs is 1. The molecule has 10 heteroatoms. The fourth-order valence-electron chi connectivity index (χ4n) is 2.51. The van der Waals surface area contributed by atoms with Gasteiger partial charge >= 0.3 is 0 Å². The molecule has 0 aromatic heterocycles. The second-order valence-corrected chi connectivity index (χ2v) is 7.65. The number of nitrogens with one attached hydrogen (secondary N) is 1. The molecular formula is C17H16F2N2O5S. The molecule has 0 unspecified atom stereocenters. The zero-order valence-corrected chi connectivity index (χ0v) is 15.1. The first-order chi connectivity index (χ1) is 12.8. The number of ether oxygens (including phenoxy) is 2. The Morgan fingerprint density at radius 2 is 1.74 bits per heavy atom. The average Bonchev–Trinajstić information content (AvgIpc) is 2.61. The molecular weight excluding hydrogens is 382 g/mol. The van der Waals surface area contributed by atoms with Crippen LogP contribution in [0, 0.1) is 11.6 Å². The van der Waals surface area contributed by atoms with Crippen LogP contribution in [-0.4, -0.2) is 40.3 Å². The van der Waals surface area contributed by atoms with Crippen molar-refractivity contribution in [1.82, 2.24) is 0 Å². The van der Waals surface area contributed by atoms with Gasteiger partial charge in [0.05, 0.1) is 11.9 Å². The smallest absolute Gasteiger partial charge is 0.245 e. The molecule has 0 spiro atoms. The molecule has 1 aliphatic rings. The molecule has 0 bridgehead atoms. The van der Waals surface area contributed by atoms with E-state index in [1.165, 1.54) is 18.2 Å². The molecule has 2 aromatic rings. The maximum atomic E-state index is 13.7. The first-order valence-corrected chi connectivity index (χ1v) is 9.72. The van der Waals surface area contributed by atoms with E-state index in [2.05, 4.69) is 5.32 Å². The van der Waals surface area contributed by atoms with Crippen molar-refractivity contribution in [3.05, 3.63) is 48.0 Å². The van der Waals surface area contributed by atoms with Crippen LogP contribution in [0.15, 0.2) is 36.4 Å². The fraction of sp³-hybridized carbons (Fsp3) is 0.235. The quantitative estimate of drug-likeness (QED) is 0.834. The highest BCUT2D eigenvalue weighted by molar-refractivity contribution is 7.92. The number of amides is 1. The number of rotatable bonds is 5. The maximum absolute atomic E-state index is 13.7. The standard InChI is InChI=1S/C17H16F2N2O5S/c1-27(23,24)21(11-5-6-14-15(9-11)26-8-7-25-14)10-16(22)20-17-12(18)3-2-4-13(17)19/h2-6,9H,7-8,10H2,1H3,(H,20,22). The summed E-state index contributed by atoms with van der Waals surface area (Å²) in [7, 11) is -3.86. The third-order valence-electron chi connectivity index (χ3n) is 3.73. The lowest BCUT2D eigenvalue weighted by atomic mass is 10.2. The highest BCUT2D eigenvalue weighted by atomic mass is 32.2. The summed E-state index contributed by atoms with van der Waals surface area (Å²) >= 11 is 0. The van der Waals surface area contributed by atoms with E-state index in [0.717, 1.165) is 28.8 Å². The van der Waals surface area contributed by atoms with Gasteiger partial charge < -0.3 is 14.8 Å². The lowest BCUT2D eigenvalue weighted by Crippen LogP contribution is -2.37. The summed E-state index contributed by atoms with van der Waals surface area (Å²) in [5.74, 6) is -2.04. The van der Waals surface area contributed by atoms with Crippen molar-refractivity contribution in [2.24, 2.45) is 0 Å². The first-order valence-electron chi connectivity index (χ1n) is 7.87. The van der Waals surface area contributed by atoms with Crippen molar-refractivity contribution in [2.75, 3.05) is 35.6 Å². The highest BCUT2D eigenvalue weighted by Crippen LogP contribution is 2.34. The molecule has 0 saturated heterocycles. The number of carbonyl (C=O) groups is 1. The predicted octanol–water partition coefficient (Wildman–Crippen LogP) is 2.14. The Hall–Kier alpha value is -2.88. The summed E-state index contributed by atoms with van der Waals surface area (Å²) in [6.07, 6.45) is 0.917. The van der Waals surface area contributed by atoms with Crippen molar-refractivity contribution in [3.8, 4) is 11.5 Å². The first kappa shape index (κ1) is 18.9. The minimum absolute atomic E-state index is 0.158. The minimum Gasteiger partial charge on any atom is -0.486 e. The lowest BCUT2D eigenvalue weighted by Gasteiger charge is -2.24. The normalized spacial score (nSPS) is 13.1. The van der Waals surface area contributed by atoms with Gasteiger partial charge in [0.15, 0.2) is 11.5 Å². The van der Waals surface area contributed by atoms with Gasteiger partial charge in [0.2, 0.25) is 15.9 Å². The van der Waals surface area contributed by atoms with Gasteiger partial charge in [-0.25, -0.2) is 17.2 Å². The van der Waals surface area contributed by atoms with Gasteiger partial charge in [0.1, 0.15) is 37.1 Å². The number of sulfonamides is 1. The molecule has 0 saturated carbocycles. The van der Waals surface area contributed by atoms with Crippen LogP contribution < -0.4 is 19.1 Å². The summed E-state index contributed by atoms with van der Waals surface area (Å²) in [5, 5.41) is 2.06. The fourth-order valence-corrected chi connectivity index (χ4v) is 3.36. The summed E-state index contributed by atoms with van der Waals surface area (Å²) in [4.78, 5) is 12.2. The Kier molecular flexibility index (Phi) is 5.17. The number of halogens is 2. The number of anilines is 2. The van der Waals surface area contributed by atoms with Gasteiger partial charge in [-0.2, -0.15) is 0 Å². The zero-order chi connectivity index (χ0) is 19.6. The van der Waals surface area contributed by atoms with Gasteiger partial charge in [-0.15, -0.1) is 0 Å². The van der Waals surface area contributed by atoms with E-state index in [1.807, 2.05) is 0 Å². The molecule has 0 aliphatic carbocycles. The minimum atomic E-state index is -3.86. The van der Waals surface area contributed by atoms with Gasteiger partial charge in [-0.05, 0) is 24.3 Å². The number of hydrogen-bond donors (Lipinski definition) is 1. The summed E-state index contributed by atoms with van der Waals surface area (Å²) in [5.41, 5.74) is -0.482. The molecule has 7 nitrogen and oxygen atoms in total. The Morgan fingerprint density at radius 3 is 2.37 bits per heavy atom. The lowest BCUT2D eigenvalue weighted by molar-refractivity contribution is -0.114. The molecule has 1 heterocycles. The van der Waals surface area contributed by atoms with Gasteiger partial charge in [0.25, 0.3) is 0 Å². The van der Waals surface area contributed by atoms with E-state index in [1.54, 1.807) is 0 Å². The van der Waals surface area contributed by atoms with Crippen LogP contribution in [0.5, 0.6) is 11.5 Å². The van der Waals surface area contributed by atoms with E-state index in [-0.39, 0.29) is 5.69 Å². The van der Waals surface area contributed by atoms with Crippen LogP contribution in [0.1, 0.15) is 0 Å². The molecule has 1 N–H and O–H groups in total. The zero-order valence-electron chi connectivity index (χ0n) is 14.2. The van der Waals surface area contributed by atoms with Gasteiger partial charge in [0, 0.05) is 6.07 Å². The van der Waals surface area contributed by atoms with Crippen LogP contribution in [0.4, 0.5) is 20.2 Å². The van der Waals surface area contributed by atoms with Crippen molar-refractivity contribution >= 4 is 27.3 Å². The van der Waals surface area contributed by atoms with Crippen LogP contribution >= 0.6 is 0 Å². The van der Waals surface area contributed by atoms with Gasteiger partial charge in [-0.1, -0.05) is 6.07 Å². The Morgan fingerprint density at radius 1 is 1.11 bits per heavy atom.